The molecule has 0 atom stereocenters. The van der Waals surface area contributed by atoms with Gasteiger partial charge in [-0.3, -0.25) is 9.59 Å². The Morgan fingerprint density at radius 3 is 2.38 bits per heavy atom. The zero-order valence-corrected chi connectivity index (χ0v) is 12.9. The fraction of sp³-hybridized carbons (Fsp3) is 0.529. The summed E-state index contributed by atoms with van der Waals surface area (Å²) in [4.78, 5) is 25.6. The van der Waals surface area contributed by atoms with E-state index in [1.807, 2.05) is 36.1 Å². The van der Waals surface area contributed by atoms with Crippen molar-refractivity contribution in [3.05, 3.63) is 35.4 Å². The van der Waals surface area contributed by atoms with E-state index in [1.165, 1.54) is 12.8 Å². The highest BCUT2D eigenvalue weighted by Gasteiger charge is 2.24. The summed E-state index contributed by atoms with van der Waals surface area (Å²) in [6.45, 7) is 4.70. The summed E-state index contributed by atoms with van der Waals surface area (Å²) in [5.74, 6) is 0.0245. The van der Waals surface area contributed by atoms with Gasteiger partial charge in [0.15, 0.2) is 0 Å². The van der Waals surface area contributed by atoms with Crippen LogP contribution in [0, 0.1) is 6.92 Å². The van der Waals surface area contributed by atoms with Gasteiger partial charge in [0, 0.05) is 31.6 Å². The van der Waals surface area contributed by atoms with E-state index in [4.69, 9.17) is 0 Å². The predicted octanol–water partition coefficient (Wildman–Crippen LogP) is 2.52. The van der Waals surface area contributed by atoms with Gasteiger partial charge < -0.3 is 10.2 Å². The second-order valence-corrected chi connectivity index (χ2v) is 5.77. The van der Waals surface area contributed by atoms with Crippen molar-refractivity contribution in [2.45, 2.75) is 45.6 Å². The minimum Gasteiger partial charge on any atom is -0.350 e. The lowest BCUT2D eigenvalue weighted by atomic mass is 10.1. The summed E-state index contributed by atoms with van der Waals surface area (Å²) in [6, 6.07) is 7.86. The van der Waals surface area contributed by atoms with E-state index in [-0.39, 0.29) is 11.8 Å². The van der Waals surface area contributed by atoms with Gasteiger partial charge in [-0.05, 0) is 31.9 Å². The maximum atomic E-state index is 12.0. The van der Waals surface area contributed by atoms with E-state index >= 15 is 0 Å². The predicted molar refractivity (Wildman–Crippen MR) is 83.2 cm³/mol. The van der Waals surface area contributed by atoms with Crippen LogP contribution in [0.5, 0.6) is 0 Å². The summed E-state index contributed by atoms with van der Waals surface area (Å²) in [5.41, 5.74) is 1.80. The van der Waals surface area contributed by atoms with Crippen LogP contribution >= 0.6 is 0 Å². The van der Waals surface area contributed by atoms with Crippen molar-refractivity contribution in [2.75, 3.05) is 13.1 Å². The third-order valence-electron chi connectivity index (χ3n) is 4.12. The number of rotatable bonds is 5. The van der Waals surface area contributed by atoms with Crippen LogP contribution in [0.2, 0.25) is 0 Å². The molecule has 1 fully saturated rings. The summed E-state index contributed by atoms with van der Waals surface area (Å²) in [7, 11) is 0. The molecule has 0 aliphatic heterocycles. The topological polar surface area (TPSA) is 49.4 Å². The number of amides is 2. The lowest BCUT2D eigenvalue weighted by Gasteiger charge is -2.27. The molecule has 2 amide bonds. The molecule has 114 valence electrons. The van der Waals surface area contributed by atoms with Crippen LogP contribution in [0.25, 0.3) is 0 Å². The minimum atomic E-state index is -0.0788. The van der Waals surface area contributed by atoms with Crippen molar-refractivity contribution in [2.24, 2.45) is 0 Å². The Morgan fingerprint density at radius 1 is 1.19 bits per heavy atom. The van der Waals surface area contributed by atoms with Crippen LogP contribution in [0.15, 0.2) is 24.3 Å². The van der Waals surface area contributed by atoms with E-state index < -0.39 is 0 Å². The summed E-state index contributed by atoms with van der Waals surface area (Å²) < 4.78 is 0. The zero-order chi connectivity index (χ0) is 15.2. The Morgan fingerprint density at radius 2 is 1.81 bits per heavy atom. The Kier molecular flexibility index (Phi) is 5.37. The Labute approximate surface area is 126 Å². The first kappa shape index (κ1) is 15.5. The molecule has 0 saturated heterocycles. The molecule has 21 heavy (non-hydrogen) atoms. The van der Waals surface area contributed by atoms with Crippen LogP contribution in [-0.2, 0) is 4.79 Å². The molecule has 2 rings (SSSR count). The Hall–Kier alpha value is -1.84. The van der Waals surface area contributed by atoms with Crippen molar-refractivity contribution in [1.82, 2.24) is 10.2 Å². The highest BCUT2D eigenvalue weighted by Crippen LogP contribution is 2.23. The molecule has 1 saturated carbocycles. The molecular weight excluding hydrogens is 264 g/mol. The minimum absolute atomic E-state index is 0.0788. The molecule has 0 heterocycles. The van der Waals surface area contributed by atoms with Crippen molar-refractivity contribution in [3.63, 3.8) is 0 Å². The van der Waals surface area contributed by atoms with E-state index in [0.717, 1.165) is 18.4 Å². The molecule has 4 nitrogen and oxygen atoms in total. The average molecular weight is 288 g/mol. The van der Waals surface area contributed by atoms with E-state index in [2.05, 4.69) is 5.32 Å². The molecule has 0 radical (unpaired) electrons. The number of nitrogens with one attached hydrogen (secondary N) is 1. The lowest BCUT2D eigenvalue weighted by molar-refractivity contribution is -0.130. The smallest absolute Gasteiger partial charge is 0.251 e. The van der Waals surface area contributed by atoms with Crippen LogP contribution in [0.1, 0.15) is 48.5 Å². The van der Waals surface area contributed by atoms with Gasteiger partial charge in [0.2, 0.25) is 5.91 Å². The monoisotopic (exact) mass is 288 g/mol. The second kappa shape index (κ2) is 7.25. The number of hydrogen-bond donors (Lipinski definition) is 1. The quantitative estimate of drug-likeness (QED) is 0.905. The van der Waals surface area contributed by atoms with Crippen LogP contribution in [0.4, 0.5) is 0 Å². The van der Waals surface area contributed by atoms with E-state index in [1.54, 1.807) is 6.92 Å². The molecule has 0 bridgehead atoms. The second-order valence-electron chi connectivity index (χ2n) is 5.77. The first-order valence-corrected chi connectivity index (χ1v) is 7.70. The molecule has 4 heteroatoms. The molecule has 1 aliphatic rings. The van der Waals surface area contributed by atoms with E-state index in [0.29, 0.717) is 24.7 Å². The van der Waals surface area contributed by atoms with E-state index in [9.17, 15) is 9.59 Å². The van der Waals surface area contributed by atoms with Crippen molar-refractivity contribution in [3.8, 4) is 0 Å². The third-order valence-corrected chi connectivity index (χ3v) is 4.12. The highest BCUT2D eigenvalue weighted by atomic mass is 16.2. The van der Waals surface area contributed by atoms with Gasteiger partial charge in [0.25, 0.3) is 5.91 Å². The number of benzene rings is 1. The van der Waals surface area contributed by atoms with Crippen molar-refractivity contribution < 1.29 is 9.59 Å². The number of nitrogens with zero attached hydrogens (tertiary/aromatic N) is 1. The van der Waals surface area contributed by atoms with Crippen LogP contribution in [-0.4, -0.2) is 35.8 Å². The molecule has 1 aromatic rings. The summed E-state index contributed by atoms with van der Waals surface area (Å²) in [6.07, 6.45) is 4.57. The van der Waals surface area contributed by atoms with Gasteiger partial charge >= 0.3 is 0 Å². The Bertz CT molecular complexity index is 490. The normalized spacial score (nSPS) is 15.0. The number of carbonyl (C=O) groups excluding carboxylic acids is 2. The maximum Gasteiger partial charge on any atom is 0.251 e. The van der Waals surface area contributed by atoms with Crippen LogP contribution < -0.4 is 5.32 Å². The fourth-order valence-corrected chi connectivity index (χ4v) is 2.91. The molecule has 1 aliphatic carbocycles. The van der Waals surface area contributed by atoms with Gasteiger partial charge in [0.1, 0.15) is 0 Å². The average Bonchev–Trinajstić information content (AvgIpc) is 2.97. The SMILES string of the molecule is CC(=O)N(CCNC(=O)c1ccc(C)cc1)C1CCCC1. The largest absolute Gasteiger partial charge is 0.350 e. The molecule has 0 spiro atoms. The molecule has 0 aromatic heterocycles. The molecule has 1 aromatic carbocycles. The maximum absolute atomic E-state index is 12.0. The first-order chi connectivity index (χ1) is 10.1. The highest BCUT2D eigenvalue weighted by molar-refractivity contribution is 5.94. The van der Waals surface area contributed by atoms with Gasteiger partial charge in [0.05, 0.1) is 0 Å². The summed E-state index contributed by atoms with van der Waals surface area (Å²) >= 11 is 0. The van der Waals surface area contributed by atoms with Gasteiger partial charge in [-0.15, -0.1) is 0 Å². The number of hydrogen-bond acceptors (Lipinski definition) is 2. The zero-order valence-electron chi connectivity index (χ0n) is 12.9. The van der Waals surface area contributed by atoms with Gasteiger partial charge in [-0.1, -0.05) is 30.5 Å². The van der Waals surface area contributed by atoms with Gasteiger partial charge in [-0.25, -0.2) is 0 Å². The Balaban J connectivity index is 1.82. The standard InChI is InChI=1S/C17H24N2O2/c1-13-7-9-15(10-8-13)17(21)18-11-12-19(14(2)20)16-5-3-4-6-16/h7-10,16H,3-6,11-12H2,1-2H3,(H,18,21). The number of carbonyl (C=O) groups is 2. The molecular formula is C17H24N2O2. The third kappa shape index (κ3) is 4.31. The fourth-order valence-electron chi connectivity index (χ4n) is 2.91. The van der Waals surface area contributed by atoms with Crippen LogP contribution in [0.3, 0.4) is 0 Å². The first-order valence-electron chi connectivity index (χ1n) is 7.70. The number of aryl methyl sites for hydroxylation is 1. The molecule has 0 unspecified atom stereocenters. The van der Waals surface area contributed by atoms with Crippen molar-refractivity contribution >= 4 is 11.8 Å². The van der Waals surface area contributed by atoms with Gasteiger partial charge in [-0.2, -0.15) is 0 Å². The van der Waals surface area contributed by atoms with Crippen molar-refractivity contribution in [1.29, 1.82) is 0 Å². The molecule has 1 N–H and O–H groups in total. The summed E-state index contributed by atoms with van der Waals surface area (Å²) in [5, 5.41) is 2.89. The lowest BCUT2D eigenvalue weighted by Crippen LogP contribution is -2.42.